The van der Waals surface area contributed by atoms with Crippen molar-refractivity contribution in [1.29, 1.82) is 0 Å². The van der Waals surface area contributed by atoms with Crippen LogP contribution in [0.4, 0.5) is 14.5 Å². The lowest BCUT2D eigenvalue weighted by atomic mass is 10.0. The highest BCUT2D eigenvalue weighted by molar-refractivity contribution is 8.03. The molecule has 3 aliphatic rings. The summed E-state index contributed by atoms with van der Waals surface area (Å²) in [6, 6.07) is 6.11. The summed E-state index contributed by atoms with van der Waals surface area (Å²) in [5.41, 5.74) is 0.694. The van der Waals surface area contributed by atoms with Crippen molar-refractivity contribution in [2.75, 3.05) is 24.5 Å². The van der Waals surface area contributed by atoms with Gasteiger partial charge in [-0.05, 0) is 80.7 Å². The SMILES string of the molecule is O=C(c1cnn2ccc(N3CCCC3c3cc(F)ccc3F)cc12)N(S(=O)(=O)NCC1CC1)S(=O)(=O)NCC1CC1. The molecule has 3 aromatic rings. The Bertz CT molecular complexity index is 1660. The van der Waals surface area contributed by atoms with E-state index in [1.807, 2.05) is 4.90 Å². The highest BCUT2D eigenvalue weighted by Crippen LogP contribution is 2.38. The van der Waals surface area contributed by atoms with Gasteiger partial charge in [0.05, 0.1) is 23.3 Å². The van der Waals surface area contributed by atoms with E-state index in [4.69, 9.17) is 0 Å². The van der Waals surface area contributed by atoms with E-state index >= 15 is 0 Å². The highest BCUT2D eigenvalue weighted by atomic mass is 32.3. The number of nitrogens with zero attached hydrogens (tertiary/aromatic N) is 4. The van der Waals surface area contributed by atoms with E-state index in [0.29, 0.717) is 25.1 Å². The van der Waals surface area contributed by atoms with Gasteiger partial charge >= 0.3 is 20.4 Å². The van der Waals surface area contributed by atoms with Gasteiger partial charge < -0.3 is 4.90 Å². The highest BCUT2D eigenvalue weighted by Gasteiger charge is 2.42. The summed E-state index contributed by atoms with van der Waals surface area (Å²) in [6.07, 6.45) is 7.21. The molecule has 2 saturated carbocycles. The average Bonchev–Trinajstić information content (AvgIpc) is 3.85. The molecule has 1 aromatic carbocycles. The lowest BCUT2D eigenvalue weighted by Gasteiger charge is -2.27. The fourth-order valence-corrected chi connectivity index (χ4v) is 8.25. The van der Waals surface area contributed by atoms with Gasteiger partial charge in [0, 0.05) is 37.1 Å². The first-order valence-corrected chi connectivity index (χ1v) is 16.4. The number of fused-ring (bicyclic) bond motifs is 1. The minimum atomic E-state index is -4.78. The Morgan fingerprint density at radius 3 is 2.24 bits per heavy atom. The number of pyridine rings is 1. The number of carbonyl (C=O) groups is 1. The number of anilines is 1. The zero-order valence-electron chi connectivity index (χ0n) is 22.0. The van der Waals surface area contributed by atoms with Crippen molar-refractivity contribution in [2.24, 2.45) is 11.8 Å². The van der Waals surface area contributed by atoms with Gasteiger partial charge in [0.1, 0.15) is 11.6 Å². The quantitative estimate of drug-likeness (QED) is 0.342. The summed E-state index contributed by atoms with van der Waals surface area (Å²) >= 11 is 0. The molecule has 2 N–H and O–H groups in total. The third-order valence-corrected chi connectivity index (χ3v) is 11.2. The Balaban J connectivity index is 1.35. The van der Waals surface area contributed by atoms with E-state index in [-0.39, 0.29) is 45.3 Å². The standard InChI is InChI=1S/C26H30F2N6O5S2/c27-19-7-8-23(28)21(12-19)24-2-1-10-32(24)20-9-11-33-25(13-20)22(16-29-33)26(35)34(40(36,37)30-14-17-3-4-17)41(38,39)31-15-18-5-6-18/h7-9,11-13,16-18,24,30-31H,1-6,10,14-15H2. The zero-order valence-corrected chi connectivity index (χ0v) is 23.7. The van der Waals surface area contributed by atoms with Crippen molar-refractivity contribution in [3.05, 3.63) is 65.5 Å². The number of halogens is 2. The van der Waals surface area contributed by atoms with Gasteiger partial charge in [0.15, 0.2) is 0 Å². The summed E-state index contributed by atoms with van der Waals surface area (Å²) in [6.45, 7) is 0.575. The number of aromatic nitrogens is 2. The topological polar surface area (TPSA) is 133 Å². The van der Waals surface area contributed by atoms with Crippen LogP contribution in [-0.2, 0) is 20.4 Å². The molecule has 0 radical (unpaired) electrons. The first-order valence-electron chi connectivity index (χ1n) is 13.6. The molecule has 1 saturated heterocycles. The summed E-state index contributed by atoms with van der Waals surface area (Å²) in [5, 5.41) is 4.14. The Kier molecular flexibility index (Phi) is 7.24. The summed E-state index contributed by atoms with van der Waals surface area (Å²) in [7, 11) is -9.55. The number of nitrogens with one attached hydrogen (secondary N) is 2. The van der Waals surface area contributed by atoms with Gasteiger partial charge in [-0.25, -0.2) is 13.3 Å². The van der Waals surface area contributed by atoms with Crippen LogP contribution in [0, 0.1) is 23.5 Å². The molecule has 1 unspecified atom stereocenters. The lowest BCUT2D eigenvalue weighted by molar-refractivity contribution is 0.0921. The van der Waals surface area contributed by atoms with Crippen LogP contribution in [0.2, 0.25) is 0 Å². The Morgan fingerprint density at radius 2 is 1.61 bits per heavy atom. The second-order valence-electron chi connectivity index (χ2n) is 10.9. The van der Waals surface area contributed by atoms with Crippen LogP contribution in [0.25, 0.3) is 5.52 Å². The first-order chi connectivity index (χ1) is 19.5. The molecule has 1 atom stereocenters. The maximum absolute atomic E-state index is 14.6. The Hall–Kier alpha value is -3.14. The Labute approximate surface area is 236 Å². The number of hydrogen-bond acceptors (Lipinski definition) is 7. The van der Waals surface area contributed by atoms with Crippen LogP contribution >= 0.6 is 0 Å². The average molecular weight is 609 g/mol. The number of rotatable bonds is 11. The summed E-state index contributed by atoms with van der Waals surface area (Å²) < 4.78 is 87.4. The van der Waals surface area contributed by atoms with Gasteiger partial charge in [0.25, 0.3) is 5.91 Å². The molecule has 0 spiro atoms. The third kappa shape index (κ3) is 5.80. The summed E-state index contributed by atoms with van der Waals surface area (Å²) in [4.78, 5) is 15.6. The molecular weight excluding hydrogens is 578 g/mol. The minimum absolute atomic E-state index is 0.0240. The second-order valence-corrected chi connectivity index (χ2v) is 14.3. The number of benzene rings is 1. The van der Waals surface area contributed by atoms with E-state index in [1.165, 1.54) is 10.6 Å². The van der Waals surface area contributed by atoms with Crippen molar-refractivity contribution in [3.63, 3.8) is 0 Å². The number of amides is 1. The van der Waals surface area contributed by atoms with Crippen LogP contribution in [0.3, 0.4) is 0 Å². The smallest absolute Gasteiger partial charge is 0.318 e. The Morgan fingerprint density at radius 1 is 0.951 bits per heavy atom. The molecule has 2 aliphatic carbocycles. The predicted molar refractivity (Wildman–Crippen MR) is 146 cm³/mol. The van der Waals surface area contributed by atoms with Gasteiger partial charge in [-0.2, -0.15) is 31.4 Å². The van der Waals surface area contributed by atoms with Gasteiger partial charge in [-0.15, -0.1) is 0 Å². The van der Waals surface area contributed by atoms with Crippen LogP contribution < -0.4 is 14.3 Å². The maximum Gasteiger partial charge on any atom is 0.318 e. The number of hydrogen-bond donors (Lipinski definition) is 2. The van der Waals surface area contributed by atoms with Crippen molar-refractivity contribution < 1.29 is 30.4 Å². The monoisotopic (exact) mass is 608 g/mol. The van der Waals surface area contributed by atoms with Gasteiger partial charge in [0.2, 0.25) is 0 Å². The predicted octanol–water partition coefficient (Wildman–Crippen LogP) is 2.89. The van der Waals surface area contributed by atoms with Gasteiger partial charge in [-0.3, -0.25) is 4.79 Å². The molecule has 2 aromatic heterocycles. The molecule has 1 aliphatic heterocycles. The third-order valence-electron chi connectivity index (χ3n) is 7.74. The van der Waals surface area contributed by atoms with E-state index < -0.39 is 44.0 Å². The maximum atomic E-state index is 14.6. The largest absolute Gasteiger partial charge is 0.364 e. The van der Waals surface area contributed by atoms with Crippen LogP contribution in [0.15, 0.2) is 42.7 Å². The molecule has 6 rings (SSSR count). The van der Waals surface area contributed by atoms with E-state index in [9.17, 15) is 30.4 Å². The minimum Gasteiger partial charge on any atom is -0.364 e. The van der Waals surface area contributed by atoms with E-state index in [2.05, 4.69) is 14.5 Å². The van der Waals surface area contributed by atoms with E-state index in [0.717, 1.165) is 44.0 Å². The van der Waals surface area contributed by atoms with E-state index in [1.54, 1.807) is 18.3 Å². The summed E-state index contributed by atoms with van der Waals surface area (Å²) in [5.74, 6) is -2.18. The van der Waals surface area contributed by atoms with Crippen LogP contribution in [0.1, 0.15) is 60.5 Å². The van der Waals surface area contributed by atoms with Crippen LogP contribution in [-0.4, -0.2) is 55.7 Å². The molecule has 0 bridgehead atoms. The molecular formula is C26H30F2N6O5S2. The van der Waals surface area contributed by atoms with Crippen molar-refractivity contribution in [1.82, 2.24) is 22.8 Å². The molecule has 15 heteroatoms. The second kappa shape index (κ2) is 10.6. The van der Waals surface area contributed by atoms with Crippen molar-refractivity contribution in [2.45, 2.75) is 44.6 Å². The molecule has 220 valence electrons. The molecule has 41 heavy (non-hydrogen) atoms. The molecule has 1 amide bonds. The van der Waals surface area contributed by atoms with Crippen molar-refractivity contribution >= 4 is 37.5 Å². The molecule has 11 nitrogen and oxygen atoms in total. The first kappa shape index (κ1) is 28.0. The zero-order chi connectivity index (χ0) is 28.9. The molecule has 3 heterocycles. The number of carbonyl (C=O) groups excluding carboxylic acids is 1. The van der Waals surface area contributed by atoms with Gasteiger partial charge in [-0.1, -0.05) is 3.71 Å². The fourth-order valence-electron chi connectivity index (χ4n) is 5.14. The lowest BCUT2D eigenvalue weighted by Crippen LogP contribution is -2.52. The van der Waals surface area contributed by atoms with Crippen molar-refractivity contribution in [3.8, 4) is 0 Å². The molecule has 3 fully saturated rings. The fraction of sp³-hybridized carbons (Fsp3) is 0.462. The van der Waals surface area contributed by atoms with Crippen LogP contribution in [0.5, 0.6) is 0 Å². The normalized spacial score (nSPS) is 19.7.